The lowest BCUT2D eigenvalue weighted by Crippen LogP contribution is -2.15. The van der Waals surface area contributed by atoms with Crippen LogP contribution in [-0.2, 0) is 13.3 Å². The molecule has 0 bridgehead atoms. The van der Waals surface area contributed by atoms with Gasteiger partial charge in [0.05, 0.1) is 11.6 Å². The Bertz CT molecular complexity index is 1200. The van der Waals surface area contributed by atoms with E-state index in [0.717, 1.165) is 10.0 Å². The summed E-state index contributed by atoms with van der Waals surface area (Å²) >= 11 is 9.49. The zero-order chi connectivity index (χ0) is 21.8. The van der Waals surface area contributed by atoms with Gasteiger partial charge in [-0.05, 0) is 36.8 Å². The second-order valence-corrected chi connectivity index (χ2v) is 8.25. The van der Waals surface area contributed by atoms with Crippen LogP contribution in [0.25, 0.3) is 0 Å². The zero-order valence-electron chi connectivity index (χ0n) is 16.6. The van der Waals surface area contributed by atoms with E-state index in [-0.39, 0.29) is 18.3 Å². The maximum atomic E-state index is 12.5. The minimum Gasteiger partial charge on any atom is -0.470 e. The van der Waals surface area contributed by atoms with Crippen molar-refractivity contribution >= 4 is 39.3 Å². The molecule has 0 spiro atoms. The topological polar surface area (TPSA) is 74.0 Å². The van der Waals surface area contributed by atoms with Gasteiger partial charge in [0.1, 0.15) is 5.75 Å². The molecule has 0 aliphatic heterocycles. The lowest BCUT2D eigenvalue weighted by Gasteiger charge is -2.08. The molecule has 158 valence electrons. The van der Waals surface area contributed by atoms with Crippen LogP contribution < -0.4 is 10.1 Å². The zero-order valence-corrected chi connectivity index (χ0v) is 19.0. The molecule has 7 nitrogen and oxygen atoms in total. The number of aromatic nitrogens is 4. The molecule has 2 aromatic carbocycles. The molecule has 4 rings (SSSR count). The largest absolute Gasteiger partial charge is 0.470 e. The fourth-order valence-electron chi connectivity index (χ4n) is 2.86. The van der Waals surface area contributed by atoms with Crippen molar-refractivity contribution in [2.45, 2.75) is 20.2 Å². The highest BCUT2D eigenvalue weighted by molar-refractivity contribution is 9.10. The molecule has 1 N–H and O–H groups in total. The second kappa shape index (κ2) is 9.36. The highest BCUT2D eigenvalue weighted by Gasteiger charge is 2.12. The number of anilines is 1. The minimum atomic E-state index is -0.346. The fourth-order valence-corrected chi connectivity index (χ4v) is 3.59. The van der Waals surface area contributed by atoms with E-state index in [4.69, 9.17) is 16.3 Å². The van der Waals surface area contributed by atoms with Gasteiger partial charge in [-0.3, -0.25) is 9.48 Å². The summed E-state index contributed by atoms with van der Waals surface area (Å²) in [6.45, 7) is 2.80. The third-order valence-corrected chi connectivity index (χ3v) is 5.26. The van der Waals surface area contributed by atoms with E-state index in [0.29, 0.717) is 23.1 Å². The maximum Gasteiger partial charge on any atom is 0.277 e. The highest BCUT2D eigenvalue weighted by Crippen LogP contribution is 2.27. The maximum absolute atomic E-state index is 12.5. The first-order chi connectivity index (χ1) is 15.0. The molecule has 0 radical (unpaired) electrons. The Morgan fingerprint density at radius 3 is 2.61 bits per heavy atom. The number of benzene rings is 2. The van der Waals surface area contributed by atoms with E-state index in [2.05, 4.69) is 62.6 Å². The first kappa shape index (κ1) is 21.1. The molecule has 9 heteroatoms. The van der Waals surface area contributed by atoms with Crippen molar-refractivity contribution < 1.29 is 9.53 Å². The van der Waals surface area contributed by atoms with Crippen LogP contribution in [0.4, 0.5) is 5.82 Å². The number of ether oxygens (including phenoxy) is 1. The monoisotopic (exact) mass is 499 g/mol. The van der Waals surface area contributed by atoms with Crippen LogP contribution in [0.3, 0.4) is 0 Å². The van der Waals surface area contributed by atoms with Crippen LogP contribution in [-0.4, -0.2) is 25.5 Å². The average molecular weight is 501 g/mol. The van der Waals surface area contributed by atoms with E-state index < -0.39 is 0 Å². The van der Waals surface area contributed by atoms with Crippen LogP contribution >= 0.6 is 27.5 Å². The minimum absolute atomic E-state index is 0.125. The molecule has 0 unspecified atom stereocenters. The Morgan fingerprint density at radius 2 is 1.84 bits per heavy atom. The van der Waals surface area contributed by atoms with Crippen molar-refractivity contribution in [1.29, 1.82) is 0 Å². The molecule has 2 aromatic heterocycles. The number of rotatable bonds is 7. The third-order valence-electron chi connectivity index (χ3n) is 4.47. The van der Waals surface area contributed by atoms with E-state index >= 15 is 0 Å². The Balaban J connectivity index is 1.33. The van der Waals surface area contributed by atoms with Gasteiger partial charge in [0.25, 0.3) is 5.91 Å². The van der Waals surface area contributed by atoms with Crippen molar-refractivity contribution in [3.8, 4) is 5.75 Å². The molecule has 0 aliphatic rings. The second-order valence-electron chi connectivity index (χ2n) is 6.93. The summed E-state index contributed by atoms with van der Waals surface area (Å²) in [5.74, 6) is 0.649. The van der Waals surface area contributed by atoms with Gasteiger partial charge >= 0.3 is 0 Å². The summed E-state index contributed by atoms with van der Waals surface area (Å²) in [4.78, 5) is 12.5. The quantitative estimate of drug-likeness (QED) is 0.381. The van der Waals surface area contributed by atoms with Gasteiger partial charge in [0, 0.05) is 22.9 Å². The molecule has 0 aliphatic carbocycles. The molecule has 2 heterocycles. The summed E-state index contributed by atoms with van der Waals surface area (Å²) in [5.41, 5.74) is 2.61. The normalized spacial score (nSPS) is 10.8. The number of nitrogens with zero attached hydrogens (tertiary/aromatic N) is 4. The van der Waals surface area contributed by atoms with Crippen molar-refractivity contribution in [2.75, 3.05) is 5.32 Å². The molecule has 0 saturated heterocycles. The molecule has 0 saturated carbocycles. The van der Waals surface area contributed by atoms with Gasteiger partial charge in [-0.1, -0.05) is 57.4 Å². The van der Waals surface area contributed by atoms with E-state index in [1.807, 2.05) is 12.3 Å². The molecular formula is C22H19BrClN5O2. The first-order valence-corrected chi connectivity index (χ1v) is 10.6. The number of hydrogen-bond acceptors (Lipinski definition) is 4. The summed E-state index contributed by atoms with van der Waals surface area (Å²) in [5, 5.41) is 11.9. The summed E-state index contributed by atoms with van der Waals surface area (Å²) in [7, 11) is 0. The molecule has 31 heavy (non-hydrogen) atoms. The Labute approximate surface area is 192 Å². The number of carbonyl (C=O) groups excluding carboxylic acids is 1. The molecule has 4 aromatic rings. The van der Waals surface area contributed by atoms with Crippen LogP contribution in [0.1, 0.15) is 21.6 Å². The van der Waals surface area contributed by atoms with Gasteiger partial charge in [-0.15, -0.1) is 0 Å². The summed E-state index contributed by atoms with van der Waals surface area (Å²) in [6, 6.07) is 17.0. The number of aryl methyl sites for hydroxylation is 1. The van der Waals surface area contributed by atoms with Gasteiger partial charge in [0.2, 0.25) is 0 Å². The molecule has 0 fully saturated rings. The summed E-state index contributed by atoms with van der Waals surface area (Å²) in [6.07, 6.45) is 3.49. The van der Waals surface area contributed by atoms with E-state index in [1.165, 1.54) is 10.2 Å². The SMILES string of the molecule is Cc1ccc(Cn2ccc(NC(=O)c3ccn(COc4ccc(Br)cc4Cl)n3)n2)cc1. The number of halogens is 2. The van der Waals surface area contributed by atoms with Crippen LogP contribution in [0.5, 0.6) is 5.75 Å². The van der Waals surface area contributed by atoms with Crippen molar-refractivity contribution in [2.24, 2.45) is 0 Å². The highest BCUT2D eigenvalue weighted by atomic mass is 79.9. The van der Waals surface area contributed by atoms with Gasteiger partial charge in [0.15, 0.2) is 18.2 Å². The Kier molecular flexibility index (Phi) is 6.39. The van der Waals surface area contributed by atoms with Gasteiger partial charge < -0.3 is 10.1 Å². The fraction of sp³-hybridized carbons (Fsp3) is 0.136. The van der Waals surface area contributed by atoms with Crippen LogP contribution in [0, 0.1) is 6.92 Å². The van der Waals surface area contributed by atoms with Crippen molar-refractivity contribution in [3.63, 3.8) is 0 Å². The standard InChI is InChI=1S/C22H19BrClN5O2/c1-15-2-4-16(5-3-15)13-28-11-9-21(27-28)25-22(30)19-8-10-29(26-19)14-31-20-7-6-17(23)12-18(20)24/h2-12H,13-14H2,1H3,(H,25,27,30). The lowest BCUT2D eigenvalue weighted by atomic mass is 10.1. The third kappa shape index (κ3) is 5.53. The molecule has 0 atom stereocenters. The van der Waals surface area contributed by atoms with E-state index in [1.54, 1.807) is 35.1 Å². The van der Waals surface area contributed by atoms with E-state index in [9.17, 15) is 4.79 Å². The predicted octanol–water partition coefficient (Wildman–Crippen LogP) is 5.14. The Hall–Kier alpha value is -3.10. The first-order valence-electron chi connectivity index (χ1n) is 9.48. The lowest BCUT2D eigenvalue weighted by molar-refractivity contribution is 0.101. The smallest absolute Gasteiger partial charge is 0.277 e. The number of nitrogens with one attached hydrogen (secondary N) is 1. The van der Waals surface area contributed by atoms with Gasteiger partial charge in [-0.25, -0.2) is 4.68 Å². The van der Waals surface area contributed by atoms with Gasteiger partial charge in [-0.2, -0.15) is 10.2 Å². The van der Waals surface area contributed by atoms with Crippen molar-refractivity contribution in [3.05, 3.63) is 93.3 Å². The number of amides is 1. The average Bonchev–Trinajstić information content (AvgIpc) is 3.39. The van der Waals surface area contributed by atoms with Crippen molar-refractivity contribution in [1.82, 2.24) is 19.6 Å². The molecule has 1 amide bonds. The number of carbonyl (C=O) groups is 1. The number of hydrogen-bond donors (Lipinski definition) is 1. The van der Waals surface area contributed by atoms with Crippen LogP contribution in [0.15, 0.2) is 71.5 Å². The predicted molar refractivity (Wildman–Crippen MR) is 122 cm³/mol. The summed E-state index contributed by atoms with van der Waals surface area (Å²) < 4.78 is 9.81. The molecular weight excluding hydrogens is 482 g/mol. The van der Waals surface area contributed by atoms with Crippen LogP contribution in [0.2, 0.25) is 5.02 Å². The Morgan fingerprint density at radius 1 is 1.06 bits per heavy atom.